The Labute approximate surface area is 131 Å². The second-order valence-corrected chi connectivity index (χ2v) is 7.51. The van der Waals surface area contributed by atoms with Crippen molar-refractivity contribution in [1.82, 2.24) is 0 Å². The Balaban J connectivity index is 2.98. The van der Waals surface area contributed by atoms with E-state index in [2.05, 4.69) is 17.5 Å². The first kappa shape index (κ1) is 16.6. The number of rotatable bonds is 3. The first-order chi connectivity index (χ1) is 10.00. The van der Waals surface area contributed by atoms with Gasteiger partial charge >= 0.3 is 0 Å². The summed E-state index contributed by atoms with van der Waals surface area (Å²) in [6, 6.07) is 5.89. The number of hydrogen-bond donors (Lipinski definition) is 4. The second kappa shape index (κ2) is 5.44. The zero-order valence-corrected chi connectivity index (χ0v) is 13.2. The van der Waals surface area contributed by atoms with Gasteiger partial charge < -0.3 is 11.1 Å². The minimum atomic E-state index is -4.62. The molecule has 0 aliphatic carbocycles. The molecule has 2 aromatic carbocycles. The molecule has 5 N–H and O–H groups in total. The molecule has 0 heterocycles. The fraction of sp³-hybridized carbons (Fsp3) is 0. The van der Waals surface area contributed by atoms with Crippen molar-refractivity contribution in [2.75, 3.05) is 5.32 Å². The summed E-state index contributed by atoms with van der Waals surface area (Å²) in [5.41, 5.74) is 5.41. The molecule has 0 unspecified atom stereocenters. The van der Waals surface area contributed by atoms with Gasteiger partial charge in [-0.1, -0.05) is 12.1 Å². The van der Waals surface area contributed by atoms with Crippen LogP contribution in [0.25, 0.3) is 10.8 Å². The van der Waals surface area contributed by atoms with E-state index >= 15 is 0 Å². The van der Waals surface area contributed by atoms with Gasteiger partial charge in [-0.25, -0.2) is 0 Å². The van der Waals surface area contributed by atoms with E-state index in [1.807, 2.05) is 0 Å². The molecule has 0 radical (unpaired) electrons. The lowest BCUT2D eigenvalue weighted by Gasteiger charge is -2.12. The van der Waals surface area contributed by atoms with Crippen molar-refractivity contribution in [2.24, 2.45) is 5.73 Å². The van der Waals surface area contributed by atoms with E-state index in [4.69, 9.17) is 10.3 Å². The number of anilines is 1. The van der Waals surface area contributed by atoms with Crippen molar-refractivity contribution < 1.29 is 25.9 Å². The van der Waals surface area contributed by atoms with Gasteiger partial charge in [0.25, 0.3) is 20.2 Å². The van der Waals surface area contributed by atoms with Crippen molar-refractivity contribution in [3.8, 4) is 0 Å². The predicted octanol–water partition coefficient (Wildman–Crippen LogP) is 0.989. The number of fused-ring (bicyclic) bond motifs is 1. The van der Waals surface area contributed by atoms with E-state index in [0.29, 0.717) is 0 Å². The van der Waals surface area contributed by atoms with Gasteiger partial charge in [-0.3, -0.25) is 9.11 Å². The molecule has 0 saturated carbocycles. The molecule has 118 valence electrons. The standard InChI is InChI=1S/C11H10N2O6S3/c12-11(20)13-9-5-6(21(14,15)16)4-8-7(9)2-1-3-10(8)22(17,18)19/h1-5H,(H3,12,13,20)(H,14,15,16)(H,17,18,19). The fourth-order valence-corrected chi connectivity index (χ4v) is 3.28. The topological polar surface area (TPSA) is 147 Å². The van der Waals surface area contributed by atoms with Crippen LogP contribution in [0.4, 0.5) is 5.69 Å². The molecule has 2 aromatic rings. The maximum atomic E-state index is 11.4. The van der Waals surface area contributed by atoms with Crippen molar-refractivity contribution in [3.63, 3.8) is 0 Å². The highest BCUT2D eigenvalue weighted by molar-refractivity contribution is 7.86. The molecule has 22 heavy (non-hydrogen) atoms. The average Bonchev–Trinajstić information content (AvgIpc) is 2.34. The lowest BCUT2D eigenvalue weighted by Crippen LogP contribution is -2.19. The maximum Gasteiger partial charge on any atom is 0.295 e. The minimum Gasteiger partial charge on any atom is -0.376 e. The molecule has 0 spiro atoms. The normalized spacial score (nSPS) is 12.3. The zero-order chi connectivity index (χ0) is 16.7. The first-order valence-corrected chi connectivity index (χ1v) is 8.87. The van der Waals surface area contributed by atoms with E-state index in [0.717, 1.165) is 18.2 Å². The van der Waals surface area contributed by atoms with Crippen LogP contribution in [0.2, 0.25) is 0 Å². The Bertz CT molecular complexity index is 982. The molecule has 0 aliphatic heterocycles. The summed E-state index contributed by atoms with van der Waals surface area (Å²) in [5, 5.41) is 2.44. The van der Waals surface area contributed by atoms with Crippen LogP contribution in [-0.4, -0.2) is 31.1 Å². The van der Waals surface area contributed by atoms with E-state index < -0.39 is 30.0 Å². The van der Waals surface area contributed by atoms with Crippen molar-refractivity contribution in [3.05, 3.63) is 30.3 Å². The molecule has 0 amide bonds. The van der Waals surface area contributed by atoms with Gasteiger partial charge in [0.05, 0.1) is 4.90 Å². The van der Waals surface area contributed by atoms with Crippen LogP contribution in [0.1, 0.15) is 0 Å². The number of nitrogens with two attached hydrogens (primary N) is 1. The number of thiocarbonyl (C=S) groups is 1. The average molecular weight is 362 g/mol. The second-order valence-electron chi connectivity index (χ2n) is 4.26. The molecule has 8 nitrogen and oxygen atoms in total. The van der Waals surface area contributed by atoms with Crippen LogP contribution in [-0.2, 0) is 20.2 Å². The Hall–Kier alpha value is -1.79. The monoisotopic (exact) mass is 362 g/mol. The Morgan fingerprint density at radius 2 is 1.68 bits per heavy atom. The van der Waals surface area contributed by atoms with Crippen LogP contribution in [0, 0.1) is 0 Å². The lowest BCUT2D eigenvalue weighted by molar-refractivity contribution is 0.480. The van der Waals surface area contributed by atoms with Crippen molar-refractivity contribution >= 4 is 54.0 Å². The molecule has 0 saturated heterocycles. The first-order valence-electron chi connectivity index (χ1n) is 5.58. The number of hydrogen-bond acceptors (Lipinski definition) is 5. The third kappa shape index (κ3) is 3.34. The summed E-state index contributed by atoms with van der Waals surface area (Å²) in [7, 11) is -9.22. The Morgan fingerprint density at radius 1 is 1.05 bits per heavy atom. The van der Waals surface area contributed by atoms with E-state index in [9.17, 15) is 21.4 Å². The molecule has 0 aliphatic rings. The molecule has 0 fully saturated rings. The van der Waals surface area contributed by atoms with E-state index in [1.165, 1.54) is 12.1 Å². The minimum absolute atomic E-state index is 0.0723. The molecule has 0 bridgehead atoms. The zero-order valence-electron chi connectivity index (χ0n) is 10.7. The van der Waals surface area contributed by atoms with Crippen molar-refractivity contribution in [1.29, 1.82) is 0 Å². The highest BCUT2D eigenvalue weighted by Gasteiger charge is 2.19. The third-order valence-electron chi connectivity index (χ3n) is 2.76. The van der Waals surface area contributed by atoms with Gasteiger partial charge in [-0.2, -0.15) is 16.8 Å². The lowest BCUT2D eigenvalue weighted by atomic mass is 10.1. The number of nitrogens with one attached hydrogen (secondary N) is 1. The maximum absolute atomic E-state index is 11.4. The molecule has 11 heteroatoms. The van der Waals surface area contributed by atoms with Crippen LogP contribution in [0.15, 0.2) is 40.1 Å². The van der Waals surface area contributed by atoms with Crippen LogP contribution in [0.3, 0.4) is 0 Å². The quantitative estimate of drug-likeness (QED) is 0.463. The van der Waals surface area contributed by atoms with Crippen LogP contribution < -0.4 is 11.1 Å². The molecule has 2 rings (SSSR count). The predicted molar refractivity (Wildman–Crippen MR) is 84.0 cm³/mol. The van der Waals surface area contributed by atoms with Gasteiger partial charge in [0.2, 0.25) is 0 Å². The molecule has 0 atom stereocenters. The van der Waals surface area contributed by atoms with Gasteiger partial charge in [0.15, 0.2) is 5.11 Å². The van der Waals surface area contributed by atoms with E-state index in [1.54, 1.807) is 0 Å². The Morgan fingerprint density at radius 3 is 2.18 bits per heavy atom. The number of benzene rings is 2. The molecule has 0 aromatic heterocycles. The summed E-state index contributed by atoms with van der Waals surface area (Å²) >= 11 is 4.67. The largest absolute Gasteiger partial charge is 0.376 e. The molecular weight excluding hydrogens is 352 g/mol. The van der Waals surface area contributed by atoms with Gasteiger partial charge in [0, 0.05) is 16.5 Å². The van der Waals surface area contributed by atoms with Gasteiger partial charge in [0.1, 0.15) is 4.90 Å². The van der Waals surface area contributed by atoms with E-state index in [-0.39, 0.29) is 21.6 Å². The third-order valence-corrected chi connectivity index (χ3v) is 4.61. The summed E-state index contributed by atoms with van der Waals surface area (Å²) < 4.78 is 63.9. The smallest absolute Gasteiger partial charge is 0.295 e. The Kier molecular flexibility index (Phi) is 4.10. The fourth-order valence-electron chi connectivity index (χ4n) is 1.94. The van der Waals surface area contributed by atoms with Crippen LogP contribution in [0.5, 0.6) is 0 Å². The highest BCUT2D eigenvalue weighted by Crippen LogP contribution is 2.32. The van der Waals surface area contributed by atoms with Gasteiger partial charge in [-0.05, 0) is 30.4 Å². The summed E-state index contributed by atoms with van der Waals surface area (Å²) in [6.07, 6.45) is 0. The summed E-state index contributed by atoms with van der Waals surface area (Å²) in [4.78, 5) is -1.09. The SMILES string of the molecule is NC(=S)Nc1cc(S(=O)(=O)O)cc2c(S(=O)(=O)O)cccc12. The van der Waals surface area contributed by atoms with Crippen LogP contribution >= 0.6 is 12.2 Å². The summed E-state index contributed by atoms with van der Waals surface area (Å²) in [5.74, 6) is 0. The highest BCUT2D eigenvalue weighted by atomic mass is 32.2. The summed E-state index contributed by atoms with van der Waals surface area (Å²) in [6.45, 7) is 0. The van der Waals surface area contributed by atoms with Gasteiger partial charge in [-0.15, -0.1) is 0 Å². The van der Waals surface area contributed by atoms with Crippen molar-refractivity contribution in [2.45, 2.75) is 9.79 Å². The molecular formula is C11H10N2O6S3.